The van der Waals surface area contributed by atoms with E-state index >= 15 is 0 Å². The smallest absolute Gasteiger partial charge is 0.293 e. The first-order valence-corrected chi connectivity index (χ1v) is 10.7. The molecule has 6 nitrogen and oxygen atoms in total. The van der Waals surface area contributed by atoms with E-state index in [2.05, 4.69) is 0 Å². The second-order valence-electron chi connectivity index (χ2n) is 6.47. The van der Waals surface area contributed by atoms with Gasteiger partial charge in [-0.3, -0.25) is 14.5 Å². The van der Waals surface area contributed by atoms with Crippen molar-refractivity contribution >= 4 is 40.6 Å². The van der Waals surface area contributed by atoms with E-state index < -0.39 is 0 Å². The molecular weight excluding hydrogens is 445 g/mol. The Hall–Kier alpha value is -2.55. The number of carbonyl (C=O) groups is 2. The molecule has 0 saturated carbocycles. The van der Waals surface area contributed by atoms with Crippen molar-refractivity contribution in [1.29, 1.82) is 0 Å². The molecule has 31 heavy (non-hydrogen) atoms. The van der Waals surface area contributed by atoms with Crippen LogP contribution in [0.5, 0.6) is 11.5 Å². The van der Waals surface area contributed by atoms with Crippen LogP contribution in [0.2, 0.25) is 5.02 Å². The first kappa shape index (κ1) is 23.1. The highest BCUT2D eigenvalue weighted by molar-refractivity contribution is 8.18. The molecule has 1 saturated heterocycles. The van der Waals surface area contributed by atoms with E-state index in [1.807, 2.05) is 6.92 Å². The summed E-state index contributed by atoms with van der Waals surface area (Å²) in [4.78, 5) is 26.0. The summed E-state index contributed by atoms with van der Waals surface area (Å²) in [6.07, 6.45) is 1.58. The van der Waals surface area contributed by atoms with Crippen molar-refractivity contribution in [1.82, 2.24) is 4.90 Å². The first-order chi connectivity index (χ1) is 14.9. The molecule has 164 valence electrons. The number of methoxy groups -OCH3 is 1. The van der Waals surface area contributed by atoms with Gasteiger partial charge in [-0.15, -0.1) is 0 Å². The minimum absolute atomic E-state index is 0.0236. The van der Waals surface area contributed by atoms with Gasteiger partial charge in [-0.2, -0.15) is 0 Å². The third-order valence-electron chi connectivity index (χ3n) is 4.35. The maximum Gasteiger partial charge on any atom is 0.293 e. The summed E-state index contributed by atoms with van der Waals surface area (Å²) >= 11 is 7.26. The van der Waals surface area contributed by atoms with Crippen LogP contribution in [0.4, 0.5) is 9.18 Å². The number of halogens is 2. The van der Waals surface area contributed by atoms with Gasteiger partial charge >= 0.3 is 0 Å². The van der Waals surface area contributed by atoms with Crippen LogP contribution in [0.1, 0.15) is 18.1 Å². The van der Waals surface area contributed by atoms with Crippen molar-refractivity contribution < 1.29 is 28.2 Å². The van der Waals surface area contributed by atoms with E-state index in [-0.39, 0.29) is 52.4 Å². The van der Waals surface area contributed by atoms with E-state index in [4.69, 9.17) is 25.8 Å². The van der Waals surface area contributed by atoms with E-state index in [0.29, 0.717) is 23.5 Å². The Kier molecular flexibility index (Phi) is 7.95. The zero-order chi connectivity index (χ0) is 22.4. The number of benzene rings is 2. The molecule has 0 bridgehead atoms. The number of hydrogen-bond acceptors (Lipinski definition) is 6. The molecule has 3 rings (SSSR count). The van der Waals surface area contributed by atoms with Crippen molar-refractivity contribution in [2.45, 2.75) is 13.5 Å². The van der Waals surface area contributed by atoms with Crippen LogP contribution >= 0.6 is 23.4 Å². The van der Waals surface area contributed by atoms with Gasteiger partial charge in [-0.1, -0.05) is 29.8 Å². The summed E-state index contributed by atoms with van der Waals surface area (Å²) in [7, 11) is 1.50. The van der Waals surface area contributed by atoms with Gasteiger partial charge in [0.15, 0.2) is 11.5 Å². The molecule has 2 aromatic rings. The predicted octanol–water partition coefficient (Wildman–Crippen LogP) is 5.14. The van der Waals surface area contributed by atoms with Crippen molar-refractivity contribution in [3.8, 4) is 11.5 Å². The monoisotopic (exact) mass is 465 g/mol. The van der Waals surface area contributed by atoms with Gasteiger partial charge in [-0.05, 0) is 48.5 Å². The summed E-state index contributed by atoms with van der Waals surface area (Å²) in [5.74, 6) is -0.133. The number of carbonyl (C=O) groups excluding carboxylic acids is 2. The van der Waals surface area contributed by atoms with Crippen molar-refractivity contribution in [3.63, 3.8) is 0 Å². The van der Waals surface area contributed by atoms with Crippen LogP contribution in [0.25, 0.3) is 6.08 Å². The average Bonchev–Trinajstić information content (AvgIpc) is 3.00. The molecule has 1 aliphatic heterocycles. The zero-order valence-electron chi connectivity index (χ0n) is 17.0. The number of ether oxygens (including phenoxy) is 3. The van der Waals surface area contributed by atoms with Crippen molar-refractivity contribution in [2.24, 2.45) is 0 Å². The molecule has 0 N–H and O–H groups in total. The molecule has 9 heteroatoms. The number of rotatable bonds is 9. The molecule has 2 aromatic carbocycles. The molecule has 0 aliphatic carbocycles. The molecule has 0 unspecified atom stereocenters. The Morgan fingerprint density at radius 2 is 1.97 bits per heavy atom. The summed E-state index contributed by atoms with van der Waals surface area (Å²) in [6.45, 7) is 2.59. The summed E-state index contributed by atoms with van der Waals surface area (Å²) in [5, 5.41) is -0.110. The second kappa shape index (κ2) is 10.7. The lowest BCUT2D eigenvalue weighted by molar-refractivity contribution is -0.123. The Bertz CT molecular complexity index is 1010. The van der Waals surface area contributed by atoms with Gasteiger partial charge in [0.2, 0.25) is 0 Å². The quantitative estimate of drug-likeness (QED) is 0.478. The van der Waals surface area contributed by atoms with Crippen LogP contribution in [-0.4, -0.2) is 42.9 Å². The second-order valence-corrected chi connectivity index (χ2v) is 7.87. The SMILES string of the molecule is CCOc1cc(/C=C2/SC(=O)N(CCOC)C2=O)cc(Cl)c1OCc1ccccc1F. The Morgan fingerprint density at radius 3 is 2.68 bits per heavy atom. The molecule has 0 radical (unpaired) electrons. The maximum absolute atomic E-state index is 13.9. The lowest BCUT2D eigenvalue weighted by Crippen LogP contribution is -2.31. The summed E-state index contributed by atoms with van der Waals surface area (Å²) in [6, 6.07) is 9.56. The minimum Gasteiger partial charge on any atom is -0.490 e. The van der Waals surface area contributed by atoms with Crippen LogP contribution in [0.15, 0.2) is 41.3 Å². The van der Waals surface area contributed by atoms with Gasteiger partial charge < -0.3 is 14.2 Å². The van der Waals surface area contributed by atoms with Crippen molar-refractivity contribution in [3.05, 3.63) is 63.3 Å². The third kappa shape index (κ3) is 5.58. The van der Waals surface area contributed by atoms with Crippen LogP contribution in [0, 0.1) is 5.82 Å². The first-order valence-electron chi connectivity index (χ1n) is 9.51. The average molecular weight is 466 g/mol. The van der Waals surface area contributed by atoms with Gasteiger partial charge in [0, 0.05) is 12.7 Å². The number of nitrogens with zero attached hydrogens (tertiary/aromatic N) is 1. The molecule has 0 aromatic heterocycles. The predicted molar refractivity (Wildman–Crippen MR) is 118 cm³/mol. The topological polar surface area (TPSA) is 65.1 Å². The number of amides is 2. The number of thioether (sulfide) groups is 1. The fourth-order valence-electron chi connectivity index (χ4n) is 2.87. The minimum atomic E-state index is -0.388. The zero-order valence-corrected chi connectivity index (χ0v) is 18.6. The van der Waals surface area contributed by atoms with Gasteiger partial charge in [0.25, 0.3) is 11.1 Å². The number of hydrogen-bond donors (Lipinski definition) is 0. The van der Waals surface area contributed by atoms with Crippen molar-refractivity contribution in [2.75, 3.05) is 26.9 Å². The van der Waals surface area contributed by atoms with Crippen LogP contribution < -0.4 is 9.47 Å². The normalized spacial score (nSPS) is 15.1. The Morgan fingerprint density at radius 1 is 1.19 bits per heavy atom. The van der Waals surface area contributed by atoms with E-state index in [9.17, 15) is 14.0 Å². The largest absolute Gasteiger partial charge is 0.490 e. The van der Waals surface area contributed by atoms with Crippen LogP contribution in [-0.2, 0) is 16.1 Å². The Balaban J connectivity index is 1.84. The Labute approximate surface area is 188 Å². The lowest BCUT2D eigenvalue weighted by atomic mass is 10.1. The maximum atomic E-state index is 13.9. The molecule has 0 spiro atoms. The molecule has 1 heterocycles. The third-order valence-corrected chi connectivity index (χ3v) is 5.54. The van der Waals surface area contributed by atoms with E-state index in [1.54, 1.807) is 36.4 Å². The van der Waals surface area contributed by atoms with Gasteiger partial charge in [-0.25, -0.2) is 4.39 Å². The fourth-order valence-corrected chi connectivity index (χ4v) is 4.01. The van der Waals surface area contributed by atoms with E-state index in [0.717, 1.165) is 16.7 Å². The molecule has 0 atom stereocenters. The summed E-state index contributed by atoms with van der Waals surface area (Å²) in [5.41, 5.74) is 0.957. The molecule has 1 fully saturated rings. The number of imide groups is 1. The standard InChI is InChI=1S/C22H21ClFNO5S/c1-3-29-18-11-14(12-19-21(26)25(8-9-28-2)22(27)31-19)10-16(23)20(18)30-13-15-6-4-5-7-17(15)24/h4-7,10-12H,3,8-9,13H2,1-2H3/b19-12+. The highest BCUT2D eigenvalue weighted by Gasteiger charge is 2.34. The fraction of sp³-hybridized carbons (Fsp3) is 0.273. The van der Waals surface area contributed by atoms with Gasteiger partial charge in [0.05, 0.1) is 29.7 Å². The molecule has 2 amide bonds. The van der Waals surface area contributed by atoms with E-state index in [1.165, 1.54) is 13.2 Å². The van der Waals surface area contributed by atoms with Gasteiger partial charge in [0.1, 0.15) is 12.4 Å². The lowest BCUT2D eigenvalue weighted by Gasteiger charge is -2.15. The van der Waals surface area contributed by atoms with Crippen LogP contribution in [0.3, 0.4) is 0 Å². The highest BCUT2D eigenvalue weighted by Crippen LogP contribution is 2.39. The highest BCUT2D eigenvalue weighted by atomic mass is 35.5. The molecule has 1 aliphatic rings. The summed E-state index contributed by atoms with van der Waals surface area (Å²) < 4.78 is 30.2. The molecular formula is C22H21ClFNO5S.